The number of nitrogens with zero attached hydrogens (tertiary/aromatic N) is 1. The fourth-order valence-corrected chi connectivity index (χ4v) is 7.86. The number of carbonyl (C=O) groups excluding carboxylic acids is 2. The van der Waals surface area contributed by atoms with Gasteiger partial charge in [-0.1, -0.05) is 206 Å². The Balaban J connectivity index is 4.34. The number of ether oxygens (including phenoxy) is 2. The molecule has 2 atom stereocenters. The number of esters is 2. The molecule has 2 unspecified atom stereocenters. The molecule has 0 saturated heterocycles. The van der Waals surface area contributed by atoms with Crippen molar-refractivity contribution in [3.8, 4) is 0 Å². The van der Waals surface area contributed by atoms with Gasteiger partial charge < -0.3 is 18.9 Å². The Labute approximate surface area is 441 Å². The fraction of sp³-hybridized carbons (Fsp3) is 0.645. The van der Waals surface area contributed by atoms with Gasteiger partial charge in [-0.05, 0) is 109 Å². The number of phosphoric acid groups is 1. The lowest BCUT2D eigenvalue weighted by Crippen LogP contribution is -2.37. The zero-order valence-electron chi connectivity index (χ0n) is 46.4. The molecule has 0 aromatic carbocycles. The summed E-state index contributed by atoms with van der Waals surface area (Å²) in [6, 6.07) is 0. The minimum absolute atomic E-state index is 0.0153. The monoisotopic (exact) mass is 1020 g/mol. The highest BCUT2D eigenvalue weighted by Gasteiger charge is 2.27. The number of rotatable bonds is 50. The highest BCUT2D eigenvalue weighted by molar-refractivity contribution is 7.47. The lowest BCUT2D eigenvalue weighted by Gasteiger charge is -2.24. The Bertz CT molecular complexity index is 1630. The highest BCUT2D eigenvalue weighted by atomic mass is 31.2. The van der Waals surface area contributed by atoms with Crippen molar-refractivity contribution in [2.24, 2.45) is 0 Å². The molecule has 0 radical (unpaired) electrons. The average Bonchev–Trinajstić information content (AvgIpc) is 3.34. The van der Waals surface area contributed by atoms with Crippen LogP contribution in [-0.4, -0.2) is 74.9 Å². The van der Waals surface area contributed by atoms with E-state index in [1.807, 2.05) is 21.1 Å². The third kappa shape index (κ3) is 55.7. The van der Waals surface area contributed by atoms with Gasteiger partial charge >= 0.3 is 19.8 Å². The van der Waals surface area contributed by atoms with E-state index in [9.17, 15) is 19.0 Å². The molecule has 0 bridgehead atoms. The molecule has 1 N–H and O–H groups in total. The van der Waals surface area contributed by atoms with Crippen LogP contribution >= 0.6 is 7.82 Å². The molecular formula is C62H105NO8P+. The second-order valence-electron chi connectivity index (χ2n) is 19.6. The van der Waals surface area contributed by atoms with Crippen LogP contribution < -0.4 is 0 Å². The fourth-order valence-electron chi connectivity index (χ4n) is 7.12. The van der Waals surface area contributed by atoms with Crippen LogP contribution in [-0.2, 0) is 32.7 Å². The van der Waals surface area contributed by atoms with Crippen molar-refractivity contribution in [3.05, 3.63) is 122 Å². The maximum absolute atomic E-state index is 12.8. The number of carbonyl (C=O) groups is 2. The van der Waals surface area contributed by atoms with Gasteiger partial charge in [0.2, 0.25) is 0 Å². The largest absolute Gasteiger partial charge is 0.472 e. The van der Waals surface area contributed by atoms with Gasteiger partial charge in [0.1, 0.15) is 19.8 Å². The topological polar surface area (TPSA) is 108 Å². The van der Waals surface area contributed by atoms with Crippen molar-refractivity contribution in [3.63, 3.8) is 0 Å². The average molecular weight is 1020 g/mol. The third-order valence-corrected chi connectivity index (χ3v) is 12.5. The van der Waals surface area contributed by atoms with Crippen molar-refractivity contribution in [2.75, 3.05) is 47.5 Å². The number of quaternary nitrogens is 1. The van der Waals surface area contributed by atoms with Gasteiger partial charge in [0.15, 0.2) is 6.10 Å². The summed E-state index contributed by atoms with van der Waals surface area (Å²) in [6.45, 7) is 4.24. The molecule has 9 nitrogen and oxygen atoms in total. The molecule has 0 aromatic heterocycles. The third-order valence-electron chi connectivity index (χ3n) is 11.5. The summed E-state index contributed by atoms with van der Waals surface area (Å²) in [7, 11) is 1.43. The number of allylic oxidation sites excluding steroid dienone is 20. The molecule has 72 heavy (non-hydrogen) atoms. The van der Waals surface area contributed by atoms with E-state index in [-0.39, 0.29) is 32.0 Å². The zero-order chi connectivity index (χ0) is 52.7. The summed E-state index contributed by atoms with van der Waals surface area (Å²) >= 11 is 0. The first-order valence-electron chi connectivity index (χ1n) is 28.3. The number of unbranched alkanes of at least 4 members (excludes halogenated alkanes) is 16. The minimum atomic E-state index is -4.41. The Hall–Kier alpha value is -3.59. The van der Waals surface area contributed by atoms with E-state index < -0.39 is 26.5 Å². The molecule has 0 rings (SSSR count). The second-order valence-corrected chi connectivity index (χ2v) is 21.0. The highest BCUT2D eigenvalue weighted by Crippen LogP contribution is 2.43. The number of hydrogen-bond acceptors (Lipinski definition) is 7. The van der Waals surface area contributed by atoms with Gasteiger partial charge in [-0.3, -0.25) is 18.6 Å². The SMILES string of the molecule is CC/C=C\C/C=C\C/C=C\C/C=C\C/C=C\C/C=C\C/C=C\C/C=C\CCCCC(=O)OC(COC(=O)CCCCCCCCCCC/C=C\C/C=C\CCCCCCC)COP(=O)(O)OCC[N+](C)(C)C. The zero-order valence-corrected chi connectivity index (χ0v) is 47.3. The Morgan fingerprint density at radius 2 is 0.792 bits per heavy atom. The Morgan fingerprint density at radius 3 is 1.21 bits per heavy atom. The van der Waals surface area contributed by atoms with E-state index in [2.05, 4.69) is 135 Å². The van der Waals surface area contributed by atoms with Gasteiger partial charge in [-0.2, -0.15) is 0 Å². The lowest BCUT2D eigenvalue weighted by molar-refractivity contribution is -0.870. The van der Waals surface area contributed by atoms with Crippen LogP contribution in [0, 0.1) is 0 Å². The minimum Gasteiger partial charge on any atom is -0.462 e. The smallest absolute Gasteiger partial charge is 0.462 e. The number of hydrogen-bond donors (Lipinski definition) is 1. The maximum Gasteiger partial charge on any atom is 0.472 e. The summed E-state index contributed by atoms with van der Waals surface area (Å²) in [6.07, 6.45) is 74.0. The predicted molar refractivity (Wildman–Crippen MR) is 307 cm³/mol. The van der Waals surface area contributed by atoms with Crippen LogP contribution in [0.3, 0.4) is 0 Å². The molecule has 0 aliphatic rings. The molecular weight excluding hydrogens is 918 g/mol. The van der Waals surface area contributed by atoms with Gasteiger partial charge in [-0.25, -0.2) is 4.57 Å². The van der Waals surface area contributed by atoms with E-state index in [1.165, 1.54) is 70.6 Å². The van der Waals surface area contributed by atoms with Crippen LogP contribution in [0.15, 0.2) is 122 Å². The van der Waals surface area contributed by atoms with Gasteiger partial charge in [0.05, 0.1) is 27.7 Å². The summed E-state index contributed by atoms with van der Waals surface area (Å²) in [5.41, 5.74) is 0. The van der Waals surface area contributed by atoms with Gasteiger partial charge in [-0.15, -0.1) is 0 Å². The standard InChI is InChI=1S/C62H104NO8P/c1-6-8-10-12-14-16-18-20-22-24-26-28-29-30-31-32-33-35-37-39-41-43-45-47-49-51-53-55-62(65)71-60(59-70-72(66,67)69-57-56-63(3,4)5)58-68-61(64)54-52-50-48-46-44-42-40-38-36-34-27-25-23-21-19-17-15-13-11-9-7-2/h8,10,14,16,19-22,25-28,30-31,33,35,39,41,45,47,60H,6-7,9,11-13,15,17-18,23-24,29,32,34,36-38,40,42-44,46,48-59H2,1-5H3/p+1/b10-8-,16-14-,21-19-,22-20-,27-25-,28-26-,31-30-,35-33-,41-39-,47-45-. The van der Waals surface area contributed by atoms with E-state index >= 15 is 0 Å². The van der Waals surface area contributed by atoms with E-state index in [0.29, 0.717) is 17.4 Å². The number of phosphoric ester groups is 1. The van der Waals surface area contributed by atoms with E-state index in [1.54, 1.807) is 0 Å². The normalized spacial score (nSPS) is 14.2. The second kappa shape index (κ2) is 52.3. The molecule has 0 aromatic rings. The van der Waals surface area contributed by atoms with Crippen LogP contribution in [0.25, 0.3) is 0 Å². The quantitative estimate of drug-likeness (QED) is 0.0211. The molecule has 10 heteroatoms. The van der Waals surface area contributed by atoms with Gasteiger partial charge in [0.25, 0.3) is 0 Å². The van der Waals surface area contributed by atoms with E-state index in [4.69, 9.17) is 18.5 Å². The van der Waals surface area contributed by atoms with Crippen molar-refractivity contribution in [1.82, 2.24) is 0 Å². The van der Waals surface area contributed by atoms with Crippen molar-refractivity contribution in [2.45, 2.75) is 213 Å². The maximum atomic E-state index is 12.8. The lowest BCUT2D eigenvalue weighted by atomic mass is 10.1. The first-order valence-corrected chi connectivity index (χ1v) is 29.8. The van der Waals surface area contributed by atoms with Crippen LogP contribution in [0.5, 0.6) is 0 Å². The van der Waals surface area contributed by atoms with Crippen LogP contribution in [0.1, 0.15) is 206 Å². The summed E-state index contributed by atoms with van der Waals surface area (Å²) in [4.78, 5) is 35.7. The first kappa shape index (κ1) is 68.4. The van der Waals surface area contributed by atoms with Crippen LogP contribution in [0.2, 0.25) is 0 Å². The van der Waals surface area contributed by atoms with Crippen molar-refractivity contribution in [1.29, 1.82) is 0 Å². The molecule has 410 valence electrons. The summed E-state index contributed by atoms with van der Waals surface area (Å²) in [5, 5.41) is 0. The molecule has 0 heterocycles. The molecule has 0 fully saturated rings. The first-order chi connectivity index (χ1) is 35.0. The molecule has 0 aliphatic heterocycles. The molecule has 0 aliphatic carbocycles. The van der Waals surface area contributed by atoms with Crippen molar-refractivity contribution >= 4 is 19.8 Å². The van der Waals surface area contributed by atoms with E-state index in [0.717, 1.165) is 103 Å². The predicted octanol–water partition coefficient (Wildman–Crippen LogP) is 17.6. The molecule has 0 spiro atoms. The van der Waals surface area contributed by atoms with Gasteiger partial charge in [0, 0.05) is 12.8 Å². The van der Waals surface area contributed by atoms with Crippen molar-refractivity contribution < 1.29 is 42.1 Å². The number of likely N-dealkylation sites (N-methyl/N-ethyl adjacent to an activating group) is 1. The van der Waals surface area contributed by atoms with Crippen LogP contribution in [0.4, 0.5) is 0 Å². The Kier molecular flexibility index (Phi) is 49.7. The Morgan fingerprint density at radius 1 is 0.444 bits per heavy atom. The molecule has 0 amide bonds. The summed E-state index contributed by atoms with van der Waals surface area (Å²) in [5.74, 6) is -0.862. The molecule has 0 saturated carbocycles. The summed E-state index contributed by atoms with van der Waals surface area (Å²) < 4.78 is 34.5.